The first-order chi connectivity index (χ1) is 10.7. The van der Waals surface area contributed by atoms with Gasteiger partial charge in [0.1, 0.15) is 6.04 Å². The van der Waals surface area contributed by atoms with Crippen molar-refractivity contribution in [1.29, 1.82) is 0 Å². The van der Waals surface area contributed by atoms with Crippen LogP contribution in [0, 0.1) is 0 Å². The van der Waals surface area contributed by atoms with Crippen LogP contribution in [0.5, 0.6) is 0 Å². The number of nitrogens with zero attached hydrogens (tertiary/aromatic N) is 3. The minimum Gasteiger partial charge on any atom is -0.353 e. The molecule has 8 nitrogen and oxygen atoms in total. The number of nitrogens with one attached hydrogen (secondary N) is 1. The van der Waals surface area contributed by atoms with E-state index in [4.69, 9.17) is 0 Å². The molecule has 0 radical (unpaired) electrons. The first kappa shape index (κ1) is 15.8. The molecule has 2 aromatic rings. The summed E-state index contributed by atoms with van der Waals surface area (Å²) in [5.41, 5.74) is 0.967. The quantitative estimate of drug-likeness (QED) is 0.790. The van der Waals surface area contributed by atoms with Crippen LogP contribution in [0.15, 0.2) is 27.9 Å². The molecule has 23 heavy (non-hydrogen) atoms. The lowest BCUT2D eigenvalue weighted by Crippen LogP contribution is -2.55. The number of sulfonamides is 1. The predicted molar refractivity (Wildman–Crippen MR) is 84.5 cm³/mol. The number of piperazine rings is 1. The van der Waals surface area contributed by atoms with Gasteiger partial charge in [0.2, 0.25) is 15.9 Å². The molecule has 0 aliphatic carbocycles. The maximum atomic E-state index is 12.8. The summed E-state index contributed by atoms with van der Waals surface area (Å²) in [5.74, 6) is -0.312. The minimum atomic E-state index is -3.81. The number of hydrogen-bond donors (Lipinski definition) is 1. The monoisotopic (exact) mass is 338 g/mol. The summed E-state index contributed by atoms with van der Waals surface area (Å²) in [6.45, 7) is 2.07. The fourth-order valence-corrected chi connectivity index (χ4v) is 4.49. The van der Waals surface area contributed by atoms with E-state index in [2.05, 4.69) is 5.32 Å². The highest BCUT2D eigenvalue weighted by Gasteiger charge is 2.35. The molecule has 1 aromatic heterocycles. The molecule has 0 saturated carbocycles. The van der Waals surface area contributed by atoms with Gasteiger partial charge in [-0.1, -0.05) is 0 Å². The lowest BCUT2D eigenvalue weighted by Gasteiger charge is -2.31. The Morgan fingerprint density at radius 1 is 1.13 bits per heavy atom. The number of imidazole rings is 1. The molecular formula is C14H18N4O4S. The maximum absolute atomic E-state index is 12.8. The minimum absolute atomic E-state index is 0.0766. The van der Waals surface area contributed by atoms with Crippen molar-refractivity contribution in [1.82, 2.24) is 18.8 Å². The second-order valence-corrected chi connectivity index (χ2v) is 7.52. The Balaban J connectivity index is 2.14. The molecule has 124 valence electrons. The van der Waals surface area contributed by atoms with Crippen LogP contribution >= 0.6 is 0 Å². The fourth-order valence-electron chi connectivity index (χ4n) is 2.87. The fraction of sp³-hybridized carbons (Fsp3) is 0.429. The Labute approximate surface area is 133 Å². The van der Waals surface area contributed by atoms with Crippen molar-refractivity contribution in [2.45, 2.75) is 17.9 Å². The van der Waals surface area contributed by atoms with Crippen LogP contribution in [0.1, 0.15) is 6.92 Å². The van der Waals surface area contributed by atoms with Crippen molar-refractivity contribution in [3.63, 3.8) is 0 Å². The number of hydrogen-bond acceptors (Lipinski definition) is 4. The normalized spacial score (nSPS) is 20.0. The zero-order valence-corrected chi connectivity index (χ0v) is 13.9. The van der Waals surface area contributed by atoms with Gasteiger partial charge in [-0.25, -0.2) is 13.2 Å². The third-order valence-corrected chi connectivity index (χ3v) is 6.26. The molecule has 0 bridgehead atoms. The largest absolute Gasteiger partial charge is 0.353 e. The summed E-state index contributed by atoms with van der Waals surface area (Å²) < 4.78 is 29.7. The number of aryl methyl sites for hydroxylation is 2. The zero-order chi connectivity index (χ0) is 16.9. The Morgan fingerprint density at radius 3 is 2.48 bits per heavy atom. The lowest BCUT2D eigenvalue weighted by molar-refractivity contribution is -0.126. The van der Waals surface area contributed by atoms with Crippen LogP contribution in [0.2, 0.25) is 0 Å². The highest BCUT2D eigenvalue weighted by Crippen LogP contribution is 2.23. The number of amides is 1. The van der Waals surface area contributed by atoms with Crippen LogP contribution in [-0.2, 0) is 28.9 Å². The second-order valence-electron chi connectivity index (χ2n) is 5.63. The standard InChI is InChI=1S/C14H18N4O4S/c1-9-13(19)15-6-7-18(9)23(21,22)10-4-5-11-12(8-10)17(3)14(20)16(11)2/h4-5,8-9H,6-7H2,1-3H3,(H,15,19). The number of carbonyl (C=O) groups is 1. The molecule has 1 aliphatic heterocycles. The third-order valence-electron chi connectivity index (χ3n) is 4.29. The molecule has 1 atom stereocenters. The summed E-state index contributed by atoms with van der Waals surface area (Å²) in [4.78, 5) is 23.8. The SMILES string of the molecule is CC1C(=O)NCCN1S(=O)(=O)c1ccc2c(c1)n(C)c(=O)n2C. The first-order valence-electron chi connectivity index (χ1n) is 7.20. The average molecular weight is 338 g/mol. The van der Waals surface area contributed by atoms with Crippen molar-refractivity contribution < 1.29 is 13.2 Å². The molecule has 1 fully saturated rings. The van der Waals surface area contributed by atoms with E-state index in [9.17, 15) is 18.0 Å². The van der Waals surface area contributed by atoms with Crippen molar-refractivity contribution in [3.05, 3.63) is 28.7 Å². The third kappa shape index (κ3) is 2.27. The van der Waals surface area contributed by atoms with Crippen LogP contribution < -0.4 is 11.0 Å². The van der Waals surface area contributed by atoms with Gasteiger partial charge in [0.15, 0.2) is 0 Å². The van der Waals surface area contributed by atoms with Gasteiger partial charge in [0.05, 0.1) is 15.9 Å². The van der Waals surface area contributed by atoms with E-state index in [0.29, 0.717) is 11.0 Å². The van der Waals surface area contributed by atoms with Crippen LogP contribution in [-0.4, -0.2) is 46.9 Å². The number of benzene rings is 1. The van der Waals surface area contributed by atoms with Crippen LogP contribution in [0.3, 0.4) is 0 Å². The Morgan fingerprint density at radius 2 is 1.78 bits per heavy atom. The van der Waals surface area contributed by atoms with Gasteiger partial charge in [0.25, 0.3) is 0 Å². The molecule has 0 spiro atoms. The highest BCUT2D eigenvalue weighted by atomic mass is 32.2. The Kier molecular flexibility index (Phi) is 3.56. The van der Waals surface area contributed by atoms with E-state index in [-0.39, 0.29) is 29.6 Å². The second kappa shape index (κ2) is 5.20. The predicted octanol–water partition coefficient (Wildman–Crippen LogP) is -0.614. The maximum Gasteiger partial charge on any atom is 0.328 e. The number of aromatic nitrogens is 2. The molecule has 2 heterocycles. The van der Waals surface area contributed by atoms with Gasteiger partial charge < -0.3 is 5.32 Å². The number of fused-ring (bicyclic) bond motifs is 1. The molecule has 1 aromatic carbocycles. The van der Waals surface area contributed by atoms with Crippen LogP contribution in [0.25, 0.3) is 11.0 Å². The van der Waals surface area contributed by atoms with E-state index in [1.165, 1.54) is 25.6 Å². The molecule has 1 aliphatic rings. The zero-order valence-electron chi connectivity index (χ0n) is 13.1. The van der Waals surface area contributed by atoms with E-state index < -0.39 is 16.1 Å². The molecule has 9 heteroatoms. The van der Waals surface area contributed by atoms with Crippen molar-refractivity contribution in [2.75, 3.05) is 13.1 Å². The summed E-state index contributed by atoms with van der Waals surface area (Å²) in [5, 5.41) is 2.64. The summed E-state index contributed by atoms with van der Waals surface area (Å²) in [7, 11) is -0.578. The van der Waals surface area contributed by atoms with E-state index in [0.717, 1.165) is 0 Å². The topological polar surface area (TPSA) is 93.4 Å². The van der Waals surface area contributed by atoms with E-state index in [1.54, 1.807) is 27.1 Å². The Bertz CT molecular complexity index is 957. The number of rotatable bonds is 2. The van der Waals surface area contributed by atoms with Gasteiger partial charge in [-0.3, -0.25) is 13.9 Å². The summed E-state index contributed by atoms with van der Waals surface area (Å²) in [6.07, 6.45) is 0. The van der Waals surface area contributed by atoms with Gasteiger partial charge in [0, 0.05) is 27.2 Å². The van der Waals surface area contributed by atoms with Gasteiger partial charge in [-0.15, -0.1) is 0 Å². The first-order valence-corrected chi connectivity index (χ1v) is 8.64. The molecule has 1 N–H and O–H groups in total. The average Bonchev–Trinajstić information content (AvgIpc) is 2.74. The molecule has 1 saturated heterocycles. The van der Waals surface area contributed by atoms with Crippen molar-refractivity contribution >= 4 is 27.0 Å². The van der Waals surface area contributed by atoms with Gasteiger partial charge >= 0.3 is 5.69 Å². The van der Waals surface area contributed by atoms with Crippen molar-refractivity contribution in [3.8, 4) is 0 Å². The summed E-state index contributed by atoms with van der Waals surface area (Å²) >= 11 is 0. The van der Waals surface area contributed by atoms with Crippen LogP contribution in [0.4, 0.5) is 0 Å². The molecular weight excluding hydrogens is 320 g/mol. The highest BCUT2D eigenvalue weighted by molar-refractivity contribution is 7.89. The van der Waals surface area contributed by atoms with Gasteiger partial charge in [-0.2, -0.15) is 4.31 Å². The van der Waals surface area contributed by atoms with E-state index >= 15 is 0 Å². The molecule has 3 rings (SSSR count). The van der Waals surface area contributed by atoms with Gasteiger partial charge in [-0.05, 0) is 25.1 Å². The molecule has 1 unspecified atom stereocenters. The smallest absolute Gasteiger partial charge is 0.328 e. The number of carbonyl (C=O) groups excluding carboxylic acids is 1. The lowest BCUT2D eigenvalue weighted by atomic mass is 10.2. The van der Waals surface area contributed by atoms with E-state index in [1.807, 2.05) is 0 Å². The summed E-state index contributed by atoms with van der Waals surface area (Å²) in [6, 6.07) is 3.80. The van der Waals surface area contributed by atoms with Crippen molar-refractivity contribution in [2.24, 2.45) is 14.1 Å². The molecule has 1 amide bonds. The Hall–Kier alpha value is -2.13.